The maximum atomic E-state index is 12.7. The van der Waals surface area contributed by atoms with Crippen LogP contribution in [-0.2, 0) is 11.2 Å². The third-order valence-electron chi connectivity index (χ3n) is 4.35. The van der Waals surface area contributed by atoms with Gasteiger partial charge in [-0.05, 0) is 47.5 Å². The summed E-state index contributed by atoms with van der Waals surface area (Å²) in [5, 5.41) is 12.3. The van der Waals surface area contributed by atoms with E-state index in [1.54, 1.807) is 44.6 Å². The summed E-state index contributed by atoms with van der Waals surface area (Å²) in [6.07, 6.45) is -0.0723. The van der Waals surface area contributed by atoms with Crippen LogP contribution < -0.4 is 19.5 Å². The fourth-order valence-electron chi connectivity index (χ4n) is 2.96. The van der Waals surface area contributed by atoms with Gasteiger partial charge in [0.15, 0.2) is 11.5 Å². The number of hydrogen-bond acceptors (Lipinski definition) is 6. The van der Waals surface area contributed by atoms with E-state index in [9.17, 15) is 9.59 Å². The summed E-state index contributed by atoms with van der Waals surface area (Å²) in [6, 6.07) is 14.2. The summed E-state index contributed by atoms with van der Waals surface area (Å²) in [5.74, 6) is 0.339. The monoisotopic (exact) mass is 547 g/mol. The number of amides is 1. The smallest absolute Gasteiger partial charge is 0.308 e. The van der Waals surface area contributed by atoms with Crippen LogP contribution in [0.1, 0.15) is 70.6 Å². The molecule has 0 bridgehead atoms. The molecular formula is C30H45NO6S. The Hall–Kier alpha value is -3.52. The molecular weight excluding hydrogens is 502 g/mol. The lowest BCUT2D eigenvalue weighted by Crippen LogP contribution is -2.10. The average molecular weight is 548 g/mol. The first-order valence-electron chi connectivity index (χ1n) is 13.0. The molecule has 3 rings (SSSR count). The first-order valence-corrected chi connectivity index (χ1v) is 13.8. The predicted octanol–water partition coefficient (Wildman–Crippen LogP) is 8.43. The van der Waals surface area contributed by atoms with E-state index in [1.165, 1.54) is 18.4 Å². The molecule has 3 aromatic rings. The van der Waals surface area contributed by atoms with Crippen molar-refractivity contribution in [3.8, 4) is 28.4 Å². The minimum atomic E-state index is -0.909. The number of anilines is 1. The Kier molecular flexibility index (Phi) is 20.8. The van der Waals surface area contributed by atoms with Gasteiger partial charge in [0.2, 0.25) is 5.75 Å². The Morgan fingerprint density at radius 2 is 1.32 bits per heavy atom. The number of carboxylic acid groups (broad SMARTS) is 1. The number of methoxy groups -OCH3 is 3. The molecule has 8 heteroatoms. The highest BCUT2D eigenvalue weighted by Crippen LogP contribution is 2.41. The van der Waals surface area contributed by atoms with Gasteiger partial charge in [0.05, 0.1) is 32.8 Å². The third-order valence-corrected chi connectivity index (χ3v) is 5.35. The molecule has 0 atom stereocenters. The zero-order chi connectivity index (χ0) is 29.7. The minimum Gasteiger partial charge on any atom is -0.493 e. The summed E-state index contributed by atoms with van der Waals surface area (Å²) in [4.78, 5) is 24.2. The second kappa shape index (κ2) is 21.6. The third kappa shape index (κ3) is 11.3. The molecule has 2 N–H and O–H groups in total. The number of carbonyl (C=O) groups excluding carboxylic acids is 1. The van der Waals surface area contributed by atoms with Crippen molar-refractivity contribution in [2.24, 2.45) is 0 Å². The molecule has 0 fully saturated rings. The summed E-state index contributed by atoms with van der Waals surface area (Å²) < 4.78 is 16.2. The molecule has 38 heavy (non-hydrogen) atoms. The highest BCUT2D eigenvalue weighted by molar-refractivity contribution is 7.16. The lowest BCUT2D eigenvalue weighted by molar-refractivity contribution is -0.136. The zero-order valence-electron chi connectivity index (χ0n) is 24.7. The molecule has 0 saturated carbocycles. The van der Waals surface area contributed by atoms with Crippen molar-refractivity contribution in [3.63, 3.8) is 0 Å². The van der Waals surface area contributed by atoms with Crippen molar-refractivity contribution < 1.29 is 28.9 Å². The highest BCUT2D eigenvalue weighted by Gasteiger charge is 2.15. The molecule has 1 aromatic heterocycles. The molecule has 0 radical (unpaired) electrons. The van der Waals surface area contributed by atoms with Crippen molar-refractivity contribution in [1.82, 2.24) is 0 Å². The van der Waals surface area contributed by atoms with Gasteiger partial charge in [0.1, 0.15) is 0 Å². The molecule has 2 aromatic carbocycles. The second-order valence-corrected chi connectivity index (χ2v) is 7.45. The van der Waals surface area contributed by atoms with Crippen molar-refractivity contribution in [2.45, 2.75) is 61.8 Å². The number of hydrogen-bond donors (Lipinski definition) is 2. The highest BCUT2D eigenvalue weighted by atomic mass is 32.1. The fourth-order valence-corrected chi connectivity index (χ4v) is 3.85. The summed E-state index contributed by atoms with van der Waals surface area (Å²) in [7, 11) is 4.63. The van der Waals surface area contributed by atoms with Crippen molar-refractivity contribution in [3.05, 3.63) is 59.0 Å². The van der Waals surface area contributed by atoms with Crippen LogP contribution in [0, 0.1) is 0 Å². The molecule has 0 aliphatic heterocycles. The van der Waals surface area contributed by atoms with E-state index in [4.69, 9.17) is 19.3 Å². The van der Waals surface area contributed by atoms with Crippen LogP contribution >= 0.6 is 11.3 Å². The Bertz CT molecular complexity index is 1050. The number of aliphatic carboxylic acids is 1. The van der Waals surface area contributed by atoms with Gasteiger partial charge in [0.25, 0.3) is 5.91 Å². The zero-order valence-corrected chi connectivity index (χ0v) is 25.5. The summed E-state index contributed by atoms with van der Waals surface area (Å²) >= 11 is 1.24. The first-order chi connectivity index (χ1) is 18.4. The van der Waals surface area contributed by atoms with Crippen LogP contribution in [-0.4, -0.2) is 38.3 Å². The minimum absolute atomic E-state index is 0.0723. The Balaban J connectivity index is 0. The topological polar surface area (TPSA) is 94.1 Å². The van der Waals surface area contributed by atoms with Crippen molar-refractivity contribution in [1.29, 1.82) is 0 Å². The molecule has 212 valence electrons. The Morgan fingerprint density at radius 3 is 1.79 bits per heavy atom. The van der Waals surface area contributed by atoms with Gasteiger partial charge >= 0.3 is 5.97 Å². The molecule has 0 spiro atoms. The number of nitrogens with one attached hydrogen (secondary N) is 1. The van der Waals surface area contributed by atoms with Gasteiger partial charge in [-0.25, -0.2) is 0 Å². The maximum absolute atomic E-state index is 12.7. The molecule has 0 saturated heterocycles. The van der Waals surface area contributed by atoms with E-state index >= 15 is 0 Å². The number of rotatable bonds is 8. The summed E-state index contributed by atoms with van der Waals surface area (Å²) in [6.45, 7) is 16.0. The quantitative estimate of drug-likeness (QED) is 0.294. The van der Waals surface area contributed by atoms with Crippen LogP contribution in [0.5, 0.6) is 17.2 Å². The van der Waals surface area contributed by atoms with E-state index in [2.05, 4.69) is 5.32 Å². The lowest BCUT2D eigenvalue weighted by atomic mass is 10.0. The molecule has 1 amide bonds. The standard InChI is InChI=1S/C22H21NO6S.4C2H6/c1-27-17-10-15(11-18(28-2)21(17)29-3)13-5-4-6-14(9-13)22(26)23-19-8-7-16(30-19)12-20(24)25;4*1-2/h4-11H,12H2,1-3H3,(H,23,26)(H,24,25);4*1-2H3. The van der Waals surface area contributed by atoms with Crippen LogP contribution in [0.25, 0.3) is 11.1 Å². The van der Waals surface area contributed by atoms with E-state index in [-0.39, 0.29) is 12.3 Å². The number of ether oxygens (including phenoxy) is 3. The van der Waals surface area contributed by atoms with E-state index < -0.39 is 5.97 Å². The van der Waals surface area contributed by atoms with Gasteiger partial charge < -0.3 is 24.6 Å². The normalized spacial score (nSPS) is 8.82. The Labute approximate surface area is 232 Å². The van der Waals surface area contributed by atoms with Gasteiger partial charge in [-0.3, -0.25) is 9.59 Å². The van der Waals surface area contributed by atoms with Gasteiger partial charge in [0, 0.05) is 10.4 Å². The van der Waals surface area contributed by atoms with Crippen molar-refractivity contribution >= 4 is 28.2 Å². The van der Waals surface area contributed by atoms with E-state index in [0.29, 0.717) is 32.7 Å². The molecule has 0 aliphatic rings. The molecule has 0 unspecified atom stereocenters. The number of carboxylic acids is 1. The van der Waals surface area contributed by atoms with Crippen LogP contribution in [0.2, 0.25) is 0 Å². The predicted molar refractivity (Wildman–Crippen MR) is 161 cm³/mol. The SMILES string of the molecule is CC.CC.CC.CC.COc1cc(-c2cccc(C(=O)Nc3ccc(CC(=O)O)s3)c2)cc(OC)c1OC. The summed E-state index contributed by atoms with van der Waals surface area (Å²) in [5.41, 5.74) is 2.08. The van der Waals surface area contributed by atoms with Crippen LogP contribution in [0.4, 0.5) is 5.00 Å². The van der Waals surface area contributed by atoms with Gasteiger partial charge in [-0.2, -0.15) is 0 Å². The number of benzene rings is 2. The van der Waals surface area contributed by atoms with Gasteiger partial charge in [-0.1, -0.05) is 67.5 Å². The number of thiophene rings is 1. The first kappa shape index (κ1) is 36.6. The maximum Gasteiger partial charge on any atom is 0.308 e. The van der Waals surface area contributed by atoms with Crippen LogP contribution in [0.15, 0.2) is 48.5 Å². The molecule has 7 nitrogen and oxygen atoms in total. The largest absolute Gasteiger partial charge is 0.493 e. The molecule has 0 aliphatic carbocycles. The van der Waals surface area contributed by atoms with E-state index in [0.717, 1.165) is 11.1 Å². The lowest BCUT2D eigenvalue weighted by Gasteiger charge is -2.14. The van der Waals surface area contributed by atoms with Crippen molar-refractivity contribution in [2.75, 3.05) is 26.6 Å². The average Bonchev–Trinajstić information content (AvgIpc) is 3.42. The fraction of sp³-hybridized carbons (Fsp3) is 0.400. The van der Waals surface area contributed by atoms with Gasteiger partial charge in [-0.15, -0.1) is 11.3 Å². The molecule has 1 heterocycles. The second-order valence-electron chi connectivity index (χ2n) is 6.29. The Morgan fingerprint density at radius 1 is 0.763 bits per heavy atom. The number of carbonyl (C=O) groups is 2. The van der Waals surface area contributed by atoms with Crippen LogP contribution in [0.3, 0.4) is 0 Å². The van der Waals surface area contributed by atoms with E-state index in [1.807, 2.05) is 73.6 Å².